The molecule has 2 aliphatic rings. The van der Waals surface area contributed by atoms with E-state index in [1.165, 1.54) is 0 Å². The molecule has 52 heavy (non-hydrogen) atoms. The zero-order valence-electron chi connectivity index (χ0n) is 31.8. The smallest absolute Gasteiger partial charge is 0.134 e. The third-order valence-electron chi connectivity index (χ3n) is 10.1. The predicted octanol–water partition coefficient (Wildman–Crippen LogP) is 13.1. The van der Waals surface area contributed by atoms with Gasteiger partial charge in [0.15, 0.2) is 0 Å². The molecule has 0 atom stereocenters. The summed E-state index contributed by atoms with van der Waals surface area (Å²) in [6, 6.07) is 25.4. The lowest BCUT2D eigenvalue weighted by Crippen LogP contribution is -2.22. The minimum absolute atomic E-state index is 0.0592. The lowest BCUT2D eigenvalue weighted by Gasteiger charge is -2.38. The van der Waals surface area contributed by atoms with Crippen molar-refractivity contribution in [2.75, 3.05) is 26.4 Å². The van der Waals surface area contributed by atoms with Gasteiger partial charge in [-0.15, -0.1) is 0 Å². The Bertz CT molecular complexity index is 1480. The van der Waals surface area contributed by atoms with E-state index in [9.17, 15) is 0 Å². The van der Waals surface area contributed by atoms with E-state index in [0.29, 0.717) is 26.4 Å². The summed E-state index contributed by atoms with van der Waals surface area (Å²) < 4.78 is 38.4. The van der Waals surface area contributed by atoms with Crippen molar-refractivity contribution in [1.82, 2.24) is 0 Å². The van der Waals surface area contributed by atoms with Crippen LogP contribution >= 0.6 is 0 Å². The molecule has 4 aromatic carbocycles. The molecule has 0 aromatic heterocycles. The van der Waals surface area contributed by atoms with Gasteiger partial charge in [-0.25, -0.2) is 0 Å². The van der Waals surface area contributed by atoms with Gasteiger partial charge in [0.1, 0.15) is 46.0 Å². The fraction of sp³-hybridized carbons (Fsp3) is 0.478. The number of benzene rings is 4. The first-order valence-electron chi connectivity index (χ1n) is 20.1. The lowest BCUT2D eigenvalue weighted by atomic mass is 9.71. The Labute approximate surface area is 311 Å². The van der Waals surface area contributed by atoms with Crippen LogP contribution in [0.25, 0.3) is 0 Å². The summed E-state index contributed by atoms with van der Waals surface area (Å²) in [7, 11) is 0. The van der Waals surface area contributed by atoms with Gasteiger partial charge in [-0.2, -0.15) is 0 Å². The van der Waals surface area contributed by atoms with Gasteiger partial charge in [0.25, 0.3) is 0 Å². The summed E-state index contributed by atoms with van der Waals surface area (Å²) in [5.74, 6) is 6.44. The van der Waals surface area contributed by atoms with Gasteiger partial charge in [-0.3, -0.25) is 0 Å². The fourth-order valence-electron chi connectivity index (χ4n) is 7.26. The minimum atomic E-state index is -0.0592. The quantitative estimate of drug-likeness (QED) is 0.0804. The summed E-state index contributed by atoms with van der Waals surface area (Å²) in [4.78, 5) is 0. The molecule has 0 aliphatic carbocycles. The molecule has 0 spiro atoms. The summed E-state index contributed by atoms with van der Waals surface area (Å²) in [6.45, 7) is 11.6. The van der Waals surface area contributed by atoms with Gasteiger partial charge >= 0.3 is 0 Å². The molecular weight excluding hydrogens is 649 g/mol. The van der Waals surface area contributed by atoms with Crippen molar-refractivity contribution in [1.29, 1.82) is 0 Å². The monoisotopic (exact) mass is 706 g/mol. The molecule has 4 aromatic rings. The first-order chi connectivity index (χ1) is 25.6. The summed E-state index contributed by atoms with van der Waals surface area (Å²) in [5, 5.41) is 0. The number of hydrogen-bond acceptors (Lipinski definition) is 6. The lowest BCUT2D eigenvalue weighted by molar-refractivity contribution is 0.300. The molecule has 0 bridgehead atoms. The largest absolute Gasteiger partial charge is 0.493 e. The molecule has 278 valence electrons. The molecule has 6 nitrogen and oxygen atoms in total. The normalized spacial score (nSPS) is 13.2. The molecule has 6 heteroatoms. The topological polar surface area (TPSA) is 55.4 Å². The molecule has 0 N–H and O–H groups in total. The zero-order valence-corrected chi connectivity index (χ0v) is 31.8. The van der Waals surface area contributed by atoms with Gasteiger partial charge < -0.3 is 28.4 Å². The number of fused-ring (bicyclic) bond motifs is 4. The minimum Gasteiger partial charge on any atom is -0.493 e. The Morgan fingerprint density at radius 3 is 0.846 bits per heavy atom. The fourth-order valence-corrected chi connectivity index (χ4v) is 7.26. The zero-order chi connectivity index (χ0) is 36.1. The van der Waals surface area contributed by atoms with Gasteiger partial charge in [-0.05, 0) is 49.9 Å². The van der Waals surface area contributed by atoms with Gasteiger partial charge in [0.2, 0.25) is 0 Å². The molecule has 2 heterocycles. The SMILES string of the molecule is CCCCCOc1ccc2c(c1)Oc1cc(OCCCCC)ccc1C2C1c2ccc(OCCCCC)cc2Oc2cc(OCCCCC)ccc21. The maximum Gasteiger partial charge on any atom is 0.134 e. The Hall–Kier alpha value is -4.32. The molecule has 0 unspecified atom stereocenters. The van der Waals surface area contributed by atoms with Gasteiger partial charge in [0.05, 0.1) is 26.4 Å². The maximum absolute atomic E-state index is 6.75. The maximum atomic E-state index is 6.75. The highest BCUT2D eigenvalue weighted by Crippen LogP contribution is 2.58. The molecule has 2 aliphatic heterocycles. The standard InChI is InChI=1S/C46H58O6/c1-5-9-13-25-47-33-17-21-37-41(29-33)51-42-30-34(48-26-14-10-6-2)18-22-38(42)45(37)46-39-23-19-35(49-27-15-11-7-3)31-43(39)52-44-32-36(20-24-40(44)46)50-28-16-12-8-4/h17-24,29-32,45-46H,5-16,25-28H2,1-4H3. The molecule has 0 radical (unpaired) electrons. The Balaban J connectivity index is 1.41. The van der Waals surface area contributed by atoms with Crippen molar-refractivity contribution in [3.63, 3.8) is 0 Å². The van der Waals surface area contributed by atoms with Crippen molar-refractivity contribution >= 4 is 0 Å². The third-order valence-corrected chi connectivity index (χ3v) is 10.1. The van der Waals surface area contributed by atoms with Crippen LogP contribution in [-0.2, 0) is 0 Å². The second-order valence-electron chi connectivity index (χ2n) is 14.2. The highest BCUT2D eigenvalue weighted by molar-refractivity contribution is 5.65. The van der Waals surface area contributed by atoms with E-state index < -0.39 is 0 Å². The van der Waals surface area contributed by atoms with Crippen molar-refractivity contribution in [3.05, 3.63) is 95.1 Å². The highest BCUT2D eigenvalue weighted by Gasteiger charge is 2.40. The highest BCUT2D eigenvalue weighted by atomic mass is 16.5. The van der Waals surface area contributed by atoms with Gasteiger partial charge in [0, 0.05) is 58.4 Å². The Kier molecular flexibility index (Phi) is 13.6. The Morgan fingerprint density at radius 1 is 0.365 bits per heavy atom. The van der Waals surface area contributed by atoms with Crippen LogP contribution in [0.2, 0.25) is 0 Å². The third kappa shape index (κ3) is 9.18. The van der Waals surface area contributed by atoms with E-state index in [1.807, 2.05) is 0 Å². The predicted molar refractivity (Wildman–Crippen MR) is 210 cm³/mol. The van der Waals surface area contributed by atoms with Crippen molar-refractivity contribution in [2.45, 2.75) is 117 Å². The molecule has 0 saturated carbocycles. The number of rotatable bonds is 21. The second-order valence-corrected chi connectivity index (χ2v) is 14.2. The van der Waals surface area contributed by atoms with Crippen molar-refractivity contribution < 1.29 is 28.4 Å². The number of hydrogen-bond donors (Lipinski definition) is 0. The van der Waals surface area contributed by atoms with E-state index in [-0.39, 0.29) is 11.8 Å². The second kappa shape index (κ2) is 19.0. The van der Waals surface area contributed by atoms with Gasteiger partial charge in [-0.1, -0.05) is 103 Å². The van der Waals surface area contributed by atoms with E-state index in [4.69, 9.17) is 28.4 Å². The van der Waals surface area contributed by atoms with Crippen LogP contribution in [0.3, 0.4) is 0 Å². The first-order valence-corrected chi connectivity index (χ1v) is 20.1. The molecule has 0 amide bonds. The van der Waals surface area contributed by atoms with Crippen LogP contribution in [0.15, 0.2) is 72.8 Å². The summed E-state index contributed by atoms with van der Waals surface area (Å²) >= 11 is 0. The Morgan fingerprint density at radius 2 is 0.615 bits per heavy atom. The molecule has 0 saturated heterocycles. The molecular formula is C46H58O6. The van der Waals surface area contributed by atoms with Crippen molar-refractivity contribution in [3.8, 4) is 46.0 Å². The van der Waals surface area contributed by atoms with Crippen LogP contribution < -0.4 is 28.4 Å². The van der Waals surface area contributed by atoms with Crippen LogP contribution in [0.5, 0.6) is 46.0 Å². The first kappa shape index (κ1) is 37.4. The van der Waals surface area contributed by atoms with E-state index in [2.05, 4.69) is 100 Å². The van der Waals surface area contributed by atoms with E-state index in [0.717, 1.165) is 145 Å². The van der Waals surface area contributed by atoms with E-state index >= 15 is 0 Å². The summed E-state index contributed by atoms with van der Waals surface area (Å²) in [5.41, 5.74) is 4.48. The van der Waals surface area contributed by atoms with Crippen LogP contribution in [-0.4, -0.2) is 26.4 Å². The average Bonchev–Trinajstić information content (AvgIpc) is 3.16. The summed E-state index contributed by atoms with van der Waals surface area (Å²) in [6.07, 6.45) is 13.4. The van der Waals surface area contributed by atoms with E-state index in [1.54, 1.807) is 0 Å². The van der Waals surface area contributed by atoms with Crippen molar-refractivity contribution in [2.24, 2.45) is 0 Å². The van der Waals surface area contributed by atoms with Crippen LogP contribution in [0.4, 0.5) is 0 Å². The molecule has 6 rings (SSSR count). The average molecular weight is 707 g/mol. The number of ether oxygens (including phenoxy) is 6. The number of unbranched alkanes of at least 4 members (excludes halogenated alkanes) is 8. The molecule has 0 fully saturated rings. The van der Waals surface area contributed by atoms with Crippen LogP contribution in [0.1, 0.15) is 139 Å². The van der Waals surface area contributed by atoms with Crippen LogP contribution in [0, 0.1) is 0 Å².